The normalized spacial score (nSPS) is 19.3. The van der Waals surface area contributed by atoms with E-state index in [9.17, 15) is 14.3 Å². The Morgan fingerprint density at radius 3 is 3.05 bits per heavy atom. The molecule has 5 nitrogen and oxygen atoms in total. The third-order valence-corrected chi connectivity index (χ3v) is 3.61. The van der Waals surface area contributed by atoms with Crippen molar-refractivity contribution in [1.29, 1.82) is 0 Å². The number of carboxylic acids is 1. The fourth-order valence-electron chi connectivity index (χ4n) is 2.67. The SMILES string of the molecule is Cn1c(N2CCC[C@@H]2C(=O)O)nc2ccc(F)cc21. The van der Waals surface area contributed by atoms with Crippen molar-refractivity contribution < 1.29 is 14.3 Å². The molecule has 0 amide bonds. The number of benzene rings is 1. The lowest BCUT2D eigenvalue weighted by Crippen LogP contribution is -2.37. The zero-order valence-electron chi connectivity index (χ0n) is 10.5. The van der Waals surface area contributed by atoms with Gasteiger partial charge in [-0.2, -0.15) is 0 Å². The molecule has 6 heteroatoms. The van der Waals surface area contributed by atoms with E-state index in [2.05, 4.69) is 4.98 Å². The molecule has 1 saturated heterocycles. The topological polar surface area (TPSA) is 58.4 Å². The molecule has 0 unspecified atom stereocenters. The summed E-state index contributed by atoms with van der Waals surface area (Å²) in [6.07, 6.45) is 1.45. The van der Waals surface area contributed by atoms with Crippen LogP contribution in [0.25, 0.3) is 11.0 Å². The zero-order chi connectivity index (χ0) is 13.6. The first-order valence-electron chi connectivity index (χ1n) is 6.19. The van der Waals surface area contributed by atoms with Crippen molar-refractivity contribution >= 4 is 23.0 Å². The molecule has 19 heavy (non-hydrogen) atoms. The van der Waals surface area contributed by atoms with Gasteiger partial charge in [0, 0.05) is 13.6 Å². The van der Waals surface area contributed by atoms with Gasteiger partial charge in [0.1, 0.15) is 11.9 Å². The third-order valence-electron chi connectivity index (χ3n) is 3.61. The van der Waals surface area contributed by atoms with Gasteiger partial charge in [-0.15, -0.1) is 0 Å². The molecule has 1 aromatic carbocycles. The Bertz CT molecular complexity index is 653. The molecule has 2 heterocycles. The van der Waals surface area contributed by atoms with E-state index in [0.29, 0.717) is 29.9 Å². The number of nitrogens with zero attached hydrogens (tertiary/aromatic N) is 3. The molecule has 0 bridgehead atoms. The molecule has 0 radical (unpaired) electrons. The van der Waals surface area contributed by atoms with Crippen LogP contribution in [0.3, 0.4) is 0 Å². The summed E-state index contributed by atoms with van der Waals surface area (Å²) < 4.78 is 15.0. The summed E-state index contributed by atoms with van der Waals surface area (Å²) in [7, 11) is 1.78. The van der Waals surface area contributed by atoms with Crippen LogP contribution in [0.5, 0.6) is 0 Å². The minimum Gasteiger partial charge on any atom is -0.480 e. The molecule has 1 aliphatic heterocycles. The first-order valence-corrected chi connectivity index (χ1v) is 6.19. The summed E-state index contributed by atoms with van der Waals surface area (Å²) in [5.41, 5.74) is 1.35. The van der Waals surface area contributed by atoms with Crippen LogP contribution in [-0.4, -0.2) is 33.2 Å². The van der Waals surface area contributed by atoms with Crippen LogP contribution in [0.2, 0.25) is 0 Å². The number of hydrogen-bond acceptors (Lipinski definition) is 3. The van der Waals surface area contributed by atoms with Crippen molar-refractivity contribution in [1.82, 2.24) is 9.55 Å². The Kier molecular flexibility index (Phi) is 2.66. The van der Waals surface area contributed by atoms with E-state index in [4.69, 9.17) is 0 Å². The number of aromatic nitrogens is 2. The van der Waals surface area contributed by atoms with Crippen LogP contribution < -0.4 is 4.90 Å². The summed E-state index contributed by atoms with van der Waals surface area (Å²) in [5.74, 6) is -0.570. The average Bonchev–Trinajstić information content (AvgIpc) is 2.95. The highest BCUT2D eigenvalue weighted by molar-refractivity contribution is 5.82. The molecule has 0 saturated carbocycles. The summed E-state index contributed by atoms with van der Waals surface area (Å²) in [6.45, 7) is 0.663. The second-order valence-corrected chi connectivity index (χ2v) is 4.79. The Hall–Kier alpha value is -2.11. The third kappa shape index (κ3) is 1.83. The van der Waals surface area contributed by atoms with Crippen LogP contribution in [0.1, 0.15) is 12.8 Å². The molecule has 3 rings (SSSR count). The number of carbonyl (C=O) groups is 1. The maximum Gasteiger partial charge on any atom is 0.326 e. The largest absolute Gasteiger partial charge is 0.480 e. The van der Waals surface area contributed by atoms with Gasteiger partial charge in [0.05, 0.1) is 11.0 Å². The average molecular weight is 263 g/mol. The monoisotopic (exact) mass is 263 g/mol. The smallest absolute Gasteiger partial charge is 0.326 e. The number of aliphatic carboxylic acids is 1. The molecule has 100 valence electrons. The Morgan fingerprint density at radius 2 is 2.32 bits per heavy atom. The number of imidazole rings is 1. The lowest BCUT2D eigenvalue weighted by Gasteiger charge is -2.22. The van der Waals surface area contributed by atoms with Gasteiger partial charge < -0.3 is 14.6 Å². The highest BCUT2D eigenvalue weighted by Gasteiger charge is 2.33. The summed E-state index contributed by atoms with van der Waals surface area (Å²) >= 11 is 0. The number of halogens is 1. The molecule has 1 aromatic heterocycles. The maximum atomic E-state index is 13.3. The predicted molar refractivity (Wildman–Crippen MR) is 68.7 cm³/mol. The molecule has 1 fully saturated rings. The number of anilines is 1. The van der Waals surface area contributed by atoms with Gasteiger partial charge in [-0.1, -0.05) is 0 Å². The number of hydrogen-bond donors (Lipinski definition) is 1. The van der Waals surface area contributed by atoms with E-state index in [0.717, 1.165) is 6.42 Å². The fraction of sp³-hybridized carbons (Fsp3) is 0.385. The lowest BCUT2D eigenvalue weighted by molar-refractivity contribution is -0.138. The van der Waals surface area contributed by atoms with Gasteiger partial charge in [-0.3, -0.25) is 0 Å². The number of carboxylic acid groups (broad SMARTS) is 1. The van der Waals surface area contributed by atoms with Gasteiger partial charge in [-0.25, -0.2) is 14.2 Å². The first kappa shape index (κ1) is 12.0. The van der Waals surface area contributed by atoms with Crippen LogP contribution >= 0.6 is 0 Å². The van der Waals surface area contributed by atoms with Crippen molar-refractivity contribution in [2.45, 2.75) is 18.9 Å². The number of fused-ring (bicyclic) bond motifs is 1. The number of aryl methyl sites for hydroxylation is 1. The number of rotatable bonds is 2. The molecule has 1 atom stereocenters. The van der Waals surface area contributed by atoms with Crippen LogP contribution in [0, 0.1) is 5.82 Å². The summed E-state index contributed by atoms with van der Waals surface area (Å²) in [6, 6.07) is 3.84. The van der Waals surface area contributed by atoms with Crippen LogP contribution in [0.15, 0.2) is 18.2 Å². The van der Waals surface area contributed by atoms with Crippen molar-refractivity contribution in [2.75, 3.05) is 11.4 Å². The van der Waals surface area contributed by atoms with Crippen molar-refractivity contribution in [3.63, 3.8) is 0 Å². The van der Waals surface area contributed by atoms with Gasteiger partial charge in [-0.05, 0) is 31.0 Å². The van der Waals surface area contributed by atoms with Crippen LogP contribution in [-0.2, 0) is 11.8 Å². The Morgan fingerprint density at radius 1 is 1.53 bits per heavy atom. The van der Waals surface area contributed by atoms with Gasteiger partial charge >= 0.3 is 5.97 Å². The predicted octanol–water partition coefficient (Wildman–Crippen LogP) is 1.77. The zero-order valence-corrected chi connectivity index (χ0v) is 10.5. The van der Waals surface area contributed by atoms with E-state index in [1.807, 2.05) is 0 Å². The standard InChI is InChI=1S/C13H14FN3O2/c1-16-11-7-8(14)4-5-9(11)15-13(16)17-6-2-3-10(17)12(18)19/h4-5,7,10H,2-3,6H2,1H3,(H,18,19)/t10-/m1/s1. The summed E-state index contributed by atoms with van der Waals surface area (Å²) in [4.78, 5) is 17.4. The Balaban J connectivity index is 2.10. The van der Waals surface area contributed by atoms with Gasteiger partial charge in [0.15, 0.2) is 0 Å². The maximum absolute atomic E-state index is 13.3. The lowest BCUT2D eigenvalue weighted by atomic mass is 10.2. The highest BCUT2D eigenvalue weighted by atomic mass is 19.1. The van der Waals surface area contributed by atoms with Gasteiger partial charge in [0.25, 0.3) is 0 Å². The Labute approximate surface area is 109 Å². The van der Waals surface area contributed by atoms with E-state index in [1.165, 1.54) is 12.1 Å². The molecule has 1 N–H and O–H groups in total. The van der Waals surface area contributed by atoms with Crippen molar-refractivity contribution in [3.05, 3.63) is 24.0 Å². The second kappa shape index (κ2) is 4.22. The van der Waals surface area contributed by atoms with E-state index < -0.39 is 12.0 Å². The molecular weight excluding hydrogens is 249 g/mol. The van der Waals surface area contributed by atoms with Crippen LogP contribution in [0.4, 0.5) is 10.3 Å². The molecule has 1 aliphatic rings. The molecule has 0 aliphatic carbocycles. The first-order chi connectivity index (χ1) is 9.08. The van der Waals surface area contributed by atoms with Crippen molar-refractivity contribution in [3.8, 4) is 0 Å². The van der Waals surface area contributed by atoms with Gasteiger partial charge in [0.2, 0.25) is 5.95 Å². The van der Waals surface area contributed by atoms with E-state index in [-0.39, 0.29) is 5.82 Å². The minimum atomic E-state index is -0.837. The van der Waals surface area contributed by atoms with E-state index >= 15 is 0 Å². The highest BCUT2D eigenvalue weighted by Crippen LogP contribution is 2.28. The summed E-state index contributed by atoms with van der Waals surface area (Å²) in [5, 5.41) is 9.22. The molecular formula is C13H14FN3O2. The second-order valence-electron chi connectivity index (χ2n) is 4.79. The molecule has 0 spiro atoms. The van der Waals surface area contributed by atoms with E-state index in [1.54, 1.807) is 22.6 Å². The molecule has 2 aromatic rings. The minimum absolute atomic E-state index is 0.321. The van der Waals surface area contributed by atoms with Crippen molar-refractivity contribution in [2.24, 2.45) is 7.05 Å². The quantitative estimate of drug-likeness (QED) is 0.897. The fourth-order valence-corrected chi connectivity index (χ4v) is 2.67.